The first-order chi connectivity index (χ1) is 11.7. The van der Waals surface area contributed by atoms with Crippen LogP contribution in [0.2, 0.25) is 0 Å². The van der Waals surface area contributed by atoms with Gasteiger partial charge in [-0.25, -0.2) is 0 Å². The van der Waals surface area contributed by atoms with Gasteiger partial charge in [-0.05, 0) is 42.6 Å². The van der Waals surface area contributed by atoms with E-state index in [1.807, 2.05) is 37.3 Å². The molecule has 3 nitrogen and oxygen atoms in total. The first-order valence-electron chi connectivity index (χ1n) is 9.62. The Hall–Kier alpha value is -1.19. The number of Topliss-reactive ketones (excluding diaryl/α,β-unsaturated/α-hetero) is 1. The van der Waals surface area contributed by atoms with Crippen molar-refractivity contribution in [1.29, 1.82) is 0 Å². The number of ketones is 1. The molecule has 138 valence electrons. The van der Waals surface area contributed by atoms with Gasteiger partial charge in [0, 0.05) is 12.3 Å². The average molecular weight is 344 g/mol. The quantitative estimate of drug-likeness (QED) is 0.873. The van der Waals surface area contributed by atoms with Crippen LogP contribution in [0.15, 0.2) is 30.3 Å². The number of carbonyl (C=O) groups excluding carboxylic acids is 1. The Labute approximate surface area is 151 Å². The lowest BCUT2D eigenvalue weighted by Crippen LogP contribution is -2.71. The van der Waals surface area contributed by atoms with Crippen LogP contribution in [0.25, 0.3) is 0 Å². The van der Waals surface area contributed by atoms with Gasteiger partial charge in [-0.2, -0.15) is 0 Å². The summed E-state index contributed by atoms with van der Waals surface area (Å²) in [5.41, 5.74) is -0.712. The highest BCUT2D eigenvalue weighted by Gasteiger charge is 2.65. The first kappa shape index (κ1) is 18.6. The van der Waals surface area contributed by atoms with Crippen molar-refractivity contribution in [2.24, 2.45) is 17.3 Å². The number of rotatable bonds is 4. The Balaban J connectivity index is 1.82. The third-order valence-electron chi connectivity index (χ3n) is 6.70. The molecule has 0 heterocycles. The highest BCUT2D eigenvalue weighted by Crippen LogP contribution is 2.54. The molecule has 3 rings (SSSR count). The SMILES string of the molecule is C[C@H]1CC(=O)[C@]1(O)C1(OCc2ccccc2)CCC(C(C)(C)C)CC1. The van der Waals surface area contributed by atoms with Gasteiger partial charge in [0.2, 0.25) is 0 Å². The summed E-state index contributed by atoms with van der Waals surface area (Å²) in [5.74, 6) is 0.541. The molecule has 0 aliphatic heterocycles. The second kappa shape index (κ2) is 6.51. The zero-order valence-electron chi connectivity index (χ0n) is 16.0. The molecule has 2 fully saturated rings. The summed E-state index contributed by atoms with van der Waals surface area (Å²) in [6.07, 6.45) is 3.99. The van der Waals surface area contributed by atoms with Crippen molar-refractivity contribution in [2.45, 2.75) is 77.6 Å². The summed E-state index contributed by atoms with van der Waals surface area (Å²) in [4.78, 5) is 12.4. The molecule has 2 atom stereocenters. The maximum atomic E-state index is 12.4. The van der Waals surface area contributed by atoms with E-state index in [4.69, 9.17) is 4.74 Å². The molecule has 0 aromatic heterocycles. The zero-order chi connectivity index (χ0) is 18.3. The summed E-state index contributed by atoms with van der Waals surface area (Å²) < 4.78 is 6.39. The van der Waals surface area contributed by atoms with Crippen molar-refractivity contribution in [2.75, 3.05) is 0 Å². The molecule has 1 aromatic carbocycles. The standard InChI is InChI=1S/C22H32O3/c1-16-14-19(23)22(16,24)21(25-15-17-8-6-5-7-9-17)12-10-18(11-13-21)20(2,3)4/h5-9,16,18,24H,10-15H2,1-4H3/t16-,18?,21?,22-/m0/s1. The summed E-state index contributed by atoms with van der Waals surface area (Å²) in [6.45, 7) is 9.26. The average Bonchev–Trinajstić information content (AvgIpc) is 2.60. The van der Waals surface area contributed by atoms with Crippen molar-refractivity contribution in [1.82, 2.24) is 0 Å². The maximum Gasteiger partial charge on any atom is 0.168 e. The molecule has 0 radical (unpaired) electrons. The second-order valence-corrected chi connectivity index (χ2v) is 9.20. The summed E-state index contributed by atoms with van der Waals surface area (Å²) in [7, 11) is 0. The molecule has 0 unspecified atom stereocenters. The van der Waals surface area contributed by atoms with Gasteiger partial charge in [0.25, 0.3) is 0 Å². The van der Waals surface area contributed by atoms with E-state index in [9.17, 15) is 9.90 Å². The maximum absolute atomic E-state index is 12.4. The van der Waals surface area contributed by atoms with Crippen LogP contribution in [0, 0.1) is 17.3 Å². The first-order valence-corrected chi connectivity index (χ1v) is 9.62. The van der Waals surface area contributed by atoms with E-state index in [0.29, 0.717) is 18.9 Å². The summed E-state index contributed by atoms with van der Waals surface area (Å²) in [6, 6.07) is 10.0. The molecular formula is C22H32O3. The van der Waals surface area contributed by atoms with Crippen molar-refractivity contribution in [3.8, 4) is 0 Å². The molecule has 3 heteroatoms. The van der Waals surface area contributed by atoms with E-state index < -0.39 is 11.2 Å². The van der Waals surface area contributed by atoms with E-state index in [1.165, 1.54) is 0 Å². The molecule has 2 aliphatic carbocycles. The van der Waals surface area contributed by atoms with Gasteiger partial charge in [0.15, 0.2) is 11.4 Å². The lowest BCUT2D eigenvalue weighted by atomic mass is 9.54. The fourth-order valence-corrected chi connectivity index (χ4v) is 4.81. The monoisotopic (exact) mass is 344 g/mol. The zero-order valence-corrected chi connectivity index (χ0v) is 16.0. The Bertz CT molecular complexity index is 608. The molecule has 25 heavy (non-hydrogen) atoms. The summed E-state index contributed by atoms with van der Waals surface area (Å²) in [5, 5.41) is 11.3. The van der Waals surface area contributed by atoms with Gasteiger partial charge in [-0.1, -0.05) is 58.0 Å². The van der Waals surface area contributed by atoms with Crippen LogP contribution in [0.1, 0.15) is 65.4 Å². The lowest BCUT2D eigenvalue weighted by Gasteiger charge is -2.57. The molecule has 1 N–H and O–H groups in total. The van der Waals surface area contributed by atoms with Crippen molar-refractivity contribution >= 4 is 5.78 Å². The van der Waals surface area contributed by atoms with Crippen LogP contribution in [-0.2, 0) is 16.1 Å². The van der Waals surface area contributed by atoms with Gasteiger partial charge in [0.1, 0.15) is 5.60 Å². The minimum absolute atomic E-state index is 0.0260. The van der Waals surface area contributed by atoms with E-state index in [0.717, 1.165) is 31.2 Å². The predicted octanol–water partition coefficient (Wildman–Crippen LogP) is 4.52. The number of carbonyl (C=O) groups is 1. The van der Waals surface area contributed by atoms with Crippen LogP contribution in [0.5, 0.6) is 0 Å². The Kier molecular flexibility index (Phi) is 4.85. The van der Waals surface area contributed by atoms with Gasteiger partial charge in [-0.3, -0.25) is 4.79 Å². The fraction of sp³-hybridized carbons (Fsp3) is 0.682. The topological polar surface area (TPSA) is 46.5 Å². The molecule has 0 spiro atoms. The number of hydrogen-bond donors (Lipinski definition) is 1. The molecule has 0 bridgehead atoms. The molecule has 1 aromatic rings. The third kappa shape index (κ3) is 3.17. The van der Waals surface area contributed by atoms with E-state index in [1.54, 1.807) is 0 Å². The predicted molar refractivity (Wildman–Crippen MR) is 99.1 cm³/mol. The number of benzene rings is 1. The van der Waals surface area contributed by atoms with Gasteiger partial charge in [-0.15, -0.1) is 0 Å². The lowest BCUT2D eigenvalue weighted by molar-refractivity contribution is -0.245. The molecule has 2 saturated carbocycles. The molecular weight excluding hydrogens is 312 g/mol. The van der Waals surface area contributed by atoms with E-state index in [-0.39, 0.29) is 17.1 Å². The number of ether oxygens (including phenoxy) is 1. The van der Waals surface area contributed by atoms with Gasteiger partial charge < -0.3 is 9.84 Å². The summed E-state index contributed by atoms with van der Waals surface area (Å²) >= 11 is 0. The van der Waals surface area contributed by atoms with Crippen molar-refractivity contribution < 1.29 is 14.6 Å². The number of aliphatic hydroxyl groups is 1. The second-order valence-electron chi connectivity index (χ2n) is 9.20. The normalized spacial score (nSPS) is 36.1. The minimum Gasteiger partial charge on any atom is -0.379 e. The Morgan fingerprint density at radius 1 is 1.16 bits per heavy atom. The highest BCUT2D eigenvalue weighted by atomic mass is 16.5. The Morgan fingerprint density at radius 3 is 2.24 bits per heavy atom. The minimum atomic E-state index is -1.31. The highest BCUT2D eigenvalue weighted by molar-refractivity contribution is 5.95. The Morgan fingerprint density at radius 2 is 1.76 bits per heavy atom. The molecule has 2 aliphatic rings. The van der Waals surface area contributed by atoms with Gasteiger partial charge in [0.05, 0.1) is 6.61 Å². The van der Waals surface area contributed by atoms with E-state index in [2.05, 4.69) is 20.8 Å². The van der Waals surface area contributed by atoms with Crippen LogP contribution < -0.4 is 0 Å². The van der Waals surface area contributed by atoms with Crippen LogP contribution in [0.4, 0.5) is 0 Å². The number of hydrogen-bond acceptors (Lipinski definition) is 3. The van der Waals surface area contributed by atoms with Crippen LogP contribution >= 0.6 is 0 Å². The smallest absolute Gasteiger partial charge is 0.168 e. The van der Waals surface area contributed by atoms with Gasteiger partial charge >= 0.3 is 0 Å². The molecule has 0 amide bonds. The van der Waals surface area contributed by atoms with Crippen molar-refractivity contribution in [3.63, 3.8) is 0 Å². The van der Waals surface area contributed by atoms with Crippen molar-refractivity contribution in [3.05, 3.63) is 35.9 Å². The third-order valence-corrected chi connectivity index (χ3v) is 6.70. The van der Waals surface area contributed by atoms with E-state index >= 15 is 0 Å². The van der Waals surface area contributed by atoms with Crippen LogP contribution in [0.3, 0.4) is 0 Å². The van der Waals surface area contributed by atoms with Crippen LogP contribution in [-0.4, -0.2) is 22.1 Å². The fourth-order valence-electron chi connectivity index (χ4n) is 4.81. The molecule has 0 saturated heterocycles. The largest absolute Gasteiger partial charge is 0.379 e.